The van der Waals surface area contributed by atoms with E-state index in [1.165, 1.54) is 6.07 Å². The minimum Gasteiger partial charge on any atom is -0.392 e. The van der Waals surface area contributed by atoms with Gasteiger partial charge in [-0.05, 0) is 37.1 Å². The maximum Gasteiger partial charge on any atom is 0.240 e. The Morgan fingerprint density at radius 1 is 1.42 bits per heavy atom. The Morgan fingerprint density at radius 3 is 2.68 bits per heavy atom. The lowest BCUT2D eigenvalue weighted by atomic mass is 10.1. The zero-order chi connectivity index (χ0) is 14.5. The number of halogens is 1. The van der Waals surface area contributed by atoms with Crippen LogP contribution in [-0.4, -0.2) is 33.3 Å². The summed E-state index contributed by atoms with van der Waals surface area (Å²) in [7, 11) is -3.65. The molecule has 1 rings (SSSR count). The molecule has 0 aliphatic heterocycles. The lowest BCUT2D eigenvalue weighted by molar-refractivity contribution is 0.153. The molecule has 108 valence electrons. The zero-order valence-electron chi connectivity index (χ0n) is 10.9. The molecule has 5 nitrogen and oxygen atoms in total. The van der Waals surface area contributed by atoms with E-state index in [9.17, 15) is 13.5 Å². The molecule has 0 saturated carbocycles. The molecule has 0 bridgehead atoms. The van der Waals surface area contributed by atoms with Crippen molar-refractivity contribution in [1.29, 1.82) is 0 Å². The lowest BCUT2D eigenvalue weighted by Gasteiger charge is -2.12. The van der Waals surface area contributed by atoms with E-state index >= 15 is 0 Å². The van der Waals surface area contributed by atoms with Crippen molar-refractivity contribution in [2.45, 2.75) is 25.3 Å². The SMILES string of the molecule is CCOCCNS(=O)(=O)c1cc(Cl)cc(CO)c1C. The quantitative estimate of drug-likeness (QED) is 0.748. The van der Waals surface area contributed by atoms with Crippen molar-refractivity contribution in [1.82, 2.24) is 4.72 Å². The van der Waals surface area contributed by atoms with Gasteiger partial charge in [-0.25, -0.2) is 13.1 Å². The fourth-order valence-corrected chi connectivity index (χ4v) is 3.25. The second kappa shape index (κ2) is 7.21. The van der Waals surface area contributed by atoms with Crippen LogP contribution in [-0.2, 0) is 21.4 Å². The fourth-order valence-electron chi connectivity index (χ4n) is 1.62. The molecule has 0 saturated heterocycles. The molecule has 0 atom stereocenters. The van der Waals surface area contributed by atoms with Crippen molar-refractivity contribution in [3.63, 3.8) is 0 Å². The van der Waals surface area contributed by atoms with Crippen LogP contribution in [0.1, 0.15) is 18.1 Å². The first-order valence-corrected chi connectivity index (χ1v) is 7.75. The second-order valence-electron chi connectivity index (χ2n) is 3.94. The van der Waals surface area contributed by atoms with Gasteiger partial charge in [-0.1, -0.05) is 11.6 Å². The average Bonchev–Trinajstić information content (AvgIpc) is 2.37. The first kappa shape index (κ1) is 16.4. The van der Waals surface area contributed by atoms with Gasteiger partial charge < -0.3 is 9.84 Å². The number of aliphatic hydroxyl groups excluding tert-OH is 1. The van der Waals surface area contributed by atoms with Crippen LogP contribution in [0, 0.1) is 6.92 Å². The fraction of sp³-hybridized carbons (Fsp3) is 0.500. The van der Waals surface area contributed by atoms with E-state index in [0.29, 0.717) is 24.3 Å². The maximum atomic E-state index is 12.1. The Bertz CT molecular complexity index is 531. The van der Waals surface area contributed by atoms with Crippen LogP contribution in [0.5, 0.6) is 0 Å². The molecule has 1 aromatic rings. The van der Waals surface area contributed by atoms with E-state index in [0.717, 1.165) is 0 Å². The molecule has 0 amide bonds. The van der Waals surface area contributed by atoms with Gasteiger partial charge in [-0.15, -0.1) is 0 Å². The predicted molar refractivity (Wildman–Crippen MR) is 73.8 cm³/mol. The summed E-state index contributed by atoms with van der Waals surface area (Å²) in [5.41, 5.74) is 0.994. The first-order chi connectivity index (χ1) is 8.92. The third kappa shape index (κ3) is 4.43. The predicted octanol–water partition coefficient (Wildman–Crippen LogP) is 1.46. The first-order valence-electron chi connectivity index (χ1n) is 5.89. The van der Waals surface area contributed by atoms with Gasteiger partial charge in [0, 0.05) is 18.2 Å². The van der Waals surface area contributed by atoms with Crippen molar-refractivity contribution in [2.24, 2.45) is 0 Å². The Kier molecular flexibility index (Phi) is 6.22. The maximum absolute atomic E-state index is 12.1. The van der Waals surface area contributed by atoms with E-state index in [2.05, 4.69) is 4.72 Å². The number of sulfonamides is 1. The van der Waals surface area contributed by atoms with Gasteiger partial charge in [0.25, 0.3) is 0 Å². The van der Waals surface area contributed by atoms with E-state index in [1.54, 1.807) is 13.0 Å². The van der Waals surface area contributed by atoms with Gasteiger partial charge in [0.05, 0.1) is 18.1 Å². The third-order valence-corrected chi connectivity index (χ3v) is 4.44. The number of nitrogens with one attached hydrogen (secondary N) is 1. The van der Waals surface area contributed by atoms with Crippen LogP contribution in [0.15, 0.2) is 17.0 Å². The summed E-state index contributed by atoms with van der Waals surface area (Å²) >= 11 is 5.86. The van der Waals surface area contributed by atoms with Crippen molar-refractivity contribution in [3.05, 3.63) is 28.3 Å². The minimum absolute atomic E-state index is 0.0838. The van der Waals surface area contributed by atoms with Crippen LogP contribution in [0.4, 0.5) is 0 Å². The Hall–Kier alpha value is -0.660. The number of rotatable bonds is 7. The van der Waals surface area contributed by atoms with Crippen LogP contribution < -0.4 is 4.72 Å². The average molecular weight is 308 g/mol. The van der Waals surface area contributed by atoms with Gasteiger partial charge in [0.2, 0.25) is 10.0 Å². The van der Waals surface area contributed by atoms with Crippen molar-refractivity contribution >= 4 is 21.6 Å². The Labute approximate surface area is 118 Å². The van der Waals surface area contributed by atoms with Crippen molar-refractivity contribution < 1.29 is 18.3 Å². The number of benzene rings is 1. The van der Waals surface area contributed by atoms with E-state index in [1.807, 2.05) is 6.92 Å². The molecule has 19 heavy (non-hydrogen) atoms. The number of aliphatic hydroxyl groups is 1. The summed E-state index contributed by atoms with van der Waals surface area (Å²) in [5, 5.41) is 9.46. The monoisotopic (exact) mass is 307 g/mol. The molecule has 0 spiro atoms. The largest absolute Gasteiger partial charge is 0.392 e. The highest BCUT2D eigenvalue weighted by Crippen LogP contribution is 2.24. The molecule has 0 unspecified atom stereocenters. The van der Waals surface area contributed by atoms with E-state index in [4.69, 9.17) is 16.3 Å². The standard InChI is InChI=1S/C12H18ClNO4S/c1-3-18-5-4-14-19(16,17)12-7-11(13)6-10(8-15)9(12)2/h6-7,14-15H,3-5,8H2,1-2H3. The molecule has 1 aromatic carbocycles. The highest BCUT2D eigenvalue weighted by Gasteiger charge is 2.19. The summed E-state index contributed by atoms with van der Waals surface area (Å²) < 4.78 is 31.8. The smallest absolute Gasteiger partial charge is 0.240 e. The van der Waals surface area contributed by atoms with Crippen molar-refractivity contribution in [2.75, 3.05) is 19.8 Å². The third-order valence-electron chi connectivity index (χ3n) is 2.63. The molecular weight excluding hydrogens is 290 g/mol. The molecule has 0 fully saturated rings. The normalized spacial score (nSPS) is 11.8. The second-order valence-corrected chi connectivity index (χ2v) is 6.11. The highest BCUT2D eigenvalue weighted by molar-refractivity contribution is 7.89. The van der Waals surface area contributed by atoms with Gasteiger partial charge >= 0.3 is 0 Å². The number of hydrogen-bond donors (Lipinski definition) is 2. The van der Waals surface area contributed by atoms with Gasteiger partial charge in [-0.3, -0.25) is 0 Å². The van der Waals surface area contributed by atoms with Gasteiger partial charge in [-0.2, -0.15) is 0 Å². The van der Waals surface area contributed by atoms with E-state index in [-0.39, 0.29) is 23.1 Å². The molecule has 0 aliphatic carbocycles. The van der Waals surface area contributed by atoms with Crippen molar-refractivity contribution in [3.8, 4) is 0 Å². The Morgan fingerprint density at radius 2 is 2.11 bits per heavy atom. The van der Waals surface area contributed by atoms with E-state index < -0.39 is 10.0 Å². The summed E-state index contributed by atoms with van der Waals surface area (Å²) in [6.45, 7) is 4.25. The Balaban J connectivity index is 2.98. The molecule has 0 aromatic heterocycles. The summed E-state index contributed by atoms with van der Waals surface area (Å²) in [6.07, 6.45) is 0. The summed E-state index contributed by atoms with van der Waals surface area (Å²) in [5.74, 6) is 0. The van der Waals surface area contributed by atoms with Crippen LogP contribution >= 0.6 is 11.6 Å². The van der Waals surface area contributed by atoms with Gasteiger partial charge in [0.1, 0.15) is 0 Å². The molecule has 0 aliphatic rings. The molecule has 0 heterocycles. The van der Waals surface area contributed by atoms with Crippen LogP contribution in [0.2, 0.25) is 5.02 Å². The summed E-state index contributed by atoms with van der Waals surface area (Å²) in [4.78, 5) is 0.0838. The lowest BCUT2D eigenvalue weighted by Crippen LogP contribution is -2.28. The molecule has 7 heteroatoms. The minimum atomic E-state index is -3.65. The molecule has 0 radical (unpaired) electrons. The zero-order valence-corrected chi connectivity index (χ0v) is 12.5. The van der Waals surface area contributed by atoms with Gasteiger partial charge in [0.15, 0.2) is 0 Å². The van der Waals surface area contributed by atoms with Crippen LogP contribution in [0.25, 0.3) is 0 Å². The van der Waals surface area contributed by atoms with Crippen LogP contribution in [0.3, 0.4) is 0 Å². The molecular formula is C12H18ClNO4S. The number of hydrogen-bond acceptors (Lipinski definition) is 4. The number of ether oxygens (including phenoxy) is 1. The highest BCUT2D eigenvalue weighted by atomic mass is 35.5. The summed E-state index contributed by atoms with van der Waals surface area (Å²) in [6, 6.07) is 2.93. The molecule has 2 N–H and O–H groups in total. The topological polar surface area (TPSA) is 75.6 Å².